The minimum Gasteiger partial charge on any atom is -0.494 e. The van der Waals surface area contributed by atoms with Crippen LogP contribution in [0.2, 0.25) is 0 Å². The Bertz CT molecular complexity index is 668. The first kappa shape index (κ1) is 18.2. The lowest BCUT2D eigenvalue weighted by Crippen LogP contribution is -2.34. The highest BCUT2D eigenvalue weighted by Crippen LogP contribution is 2.24. The van der Waals surface area contributed by atoms with Crippen LogP contribution in [-0.4, -0.2) is 42.7 Å². The van der Waals surface area contributed by atoms with Crippen molar-refractivity contribution in [3.05, 3.63) is 48.2 Å². The molecule has 0 saturated carbocycles. The van der Waals surface area contributed by atoms with E-state index in [9.17, 15) is 0 Å². The van der Waals surface area contributed by atoms with Gasteiger partial charge in [0.25, 0.3) is 0 Å². The standard InChI is InChI=1S/C20H26N4O2/c1-2-26-22-16-18-5-7-19(8-6-18)25-15-11-17-9-13-24(14-10-17)20-4-3-12-21-23-20/h3-8,12,16-17H,2,9-11,13-15H2,1H3/b22-16+. The maximum Gasteiger partial charge on any atom is 0.151 e. The zero-order valence-electron chi connectivity index (χ0n) is 15.3. The summed E-state index contributed by atoms with van der Waals surface area (Å²) in [5.74, 6) is 2.59. The summed E-state index contributed by atoms with van der Waals surface area (Å²) in [6, 6.07) is 11.9. The zero-order valence-corrected chi connectivity index (χ0v) is 15.3. The van der Waals surface area contributed by atoms with Crippen molar-refractivity contribution in [2.75, 3.05) is 31.2 Å². The quantitative estimate of drug-likeness (QED) is 0.536. The minimum atomic E-state index is 0.579. The SMILES string of the molecule is CCO/N=C/c1ccc(OCCC2CCN(c3cccnn3)CC2)cc1. The molecule has 0 aliphatic carbocycles. The maximum absolute atomic E-state index is 5.89. The number of hydrogen-bond donors (Lipinski definition) is 0. The number of benzene rings is 1. The lowest BCUT2D eigenvalue weighted by Gasteiger charge is -2.32. The van der Waals surface area contributed by atoms with Gasteiger partial charge < -0.3 is 14.5 Å². The highest BCUT2D eigenvalue weighted by molar-refractivity contribution is 5.79. The van der Waals surface area contributed by atoms with E-state index in [0.29, 0.717) is 12.5 Å². The van der Waals surface area contributed by atoms with Crippen LogP contribution in [0.3, 0.4) is 0 Å². The van der Waals surface area contributed by atoms with Gasteiger partial charge in [0.05, 0.1) is 12.8 Å². The number of oxime groups is 1. The average molecular weight is 354 g/mol. The Morgan fingerprint density at radius 2 is 2.00 bits per heavy atom. The molecule has 1 aliphatic rings. The molecule has 0 atom stereocenters. The topological polar surface area (TPSA) is 59.8 Å². The summed E-state index contributed by atoms with van der Waals surface area (Å²) < 4.78 is 5.89. The normalized spacial score (nSPS) is 15.3. The molecular formula is C20H26N4O2. The van der Waals surface area contributed by atoms with Gasteiger partial charge in [0, 0.05) is 19.3 Å². The number of ether oxygens (including phenoxy) is 1. The van der Waals surface area contributed by atoms with Crippen molar-refractivity contribution in [2.24, 2.45) is 11.1 Å². The molecule has 1 saturated heterocycles. The van der Waals surface area contributed by atoms with E-state index in [1.807, 2.05) is 43.3 Å². The van der Waals surface area contributed by atoms with Gasteiger partial charge in [0.15, 0.2) is 5.82 Å². The molecule has 0 radical (unpaired) electrons. The Hall–Kier alpha value is -2.63. The smallest absolute Gasteiger partial charge is 0.151 e. The van der Waals surface area contributed by atoms with Crippen LogP contribution in [0.1, 0.15) is 31.7 Å². The van der Waals surface area contributed by atoms with Crippen molar-refractivity contribution in [1.82, 2.24) is 10.2 Å². The van der Waals surface area contributed by atoms with Gasteiger partial charge in [0.2, 0.25) is 0 Å². The highest BCUT2D eigenvalue weighted by atomic mass is 16.6. The van der Waals surface area contributed by atoms with E-state index in [0.717, 1.165) is 43.2 Å². The molecule has 0 unspecified atom stereocenters. The first-order valence-electron chi connectivity index (χ1n) is 9.26. The third-order valence-corrected chi connectivity index (χ3v) is 4.58. The Labute approximate surface area is 154 Å². The Balaban J connectivity index is 1.36. The van der Waals surface area contributed by atoms with Gasteiger partial charge >= 0.3 is 0 Å². The summed E-state index contributed by atoms with van der Waals surface area (Å²) >= 11 is 0. The van der Waals surface area contributed by atoms with Crippen molar-refractivity contribution >= 4 is 12.0 Å². The molecule has 1 aromatic carbocycles. The second-order valence-electron chi connectivity index (χ2n) is 6.37. The zero-order chi connectivity index (χ0) is 18.0. The predicted octanol–water partition coefficient (Wildman–Crippen LogP) is 3.53. The van der Waals surface area contributed by atoms with E-state index in [1.54, 1.807) is 12.4 Å². The summed E-state index contributed by atoms with van der Waals surface area (Å²) in [7, 11) is 0. The van der Waals surface area contributed by atoms with Crippen LogP contribution in [0, 0.1) is 5.92 Å². The van der Waals surface area contributed by atoms with Crippen molar-refractivity contribution in [2.45, 2.75) is 26.2 Å². The van der Waals surface area contributed by atoms with E-state index in [2.05, 4.69) is 20.3 Å². The fraction of sp³-hybridized carbons (Fsp3) is 0.450. The molecule has 0 spiro atoms. The lowest BCUT2D eigenvalue weighted by molar-refractivity contribution is 0.160. The second kappa shape index (κ2) is 9.75. The molecule has 2 heterocycles. The molecule has 2 aromatic rings. The molecule has 3 rings (SSSR count). The largest absolute Gasteiger partial charge is 0.494 e. The molecule has 26 heavy (non-hydrogen) atoms. The van der Waals surface area contributed by atoms with Gasteiger partial charge in [-0.2, -0.15) is 5.10 Å². The first-order chi connectivity index (χ1) is 12.8. The fourth-order valence-electron chi connectivity index (χ4n) is 3.08. The summed E-state index contributed by atoms with van der Waals surface area (Å²) in [5.41, 5.74) is 1.00. The molecule has 1 fully saturated rings. The number of nitrogens with zero attached hydrogens (tertiary/aromatic N) is 4. The average Bonchev–Trinajstić information content (AvgIpc) is 2.71. The number of hydrogen-bond acceptors (Lipinski definition) is 6. The van der Waals surface area contributed by atoms with Gasteiger partial charge in [-0.3, -0.25) is 0 Å². The summed E-state index contributed by atoms with van der Waals surface area (Å²) in [6.07, 6.45) is 6.85. The third kappa shape index (κ3) is 5.44. The van der Waals surface area contributed by atoms with E-state index in [1.165, 1.54) is 12.8 Å². The van der Waals surface area contributed by atoms with Crippen LogP contribution in [0.25, 0.3) is 0 Å². The molecule has 1 aromatic heterocycles. The van der Waals surface area contributed by atoms with Crippen LogP contribution >= 0.6 is 0 Å². The van der Waals surface area contributed by atoms with Crippen molar-refractivity contribution in [3.63, 3.8) is 0 Å². The number of piperidine rings is 1. The second-order valence-corrected chi connectivity index (χ2v) is 6.37. The van der Waals surface area contributed by atoms with Gasteiger partial charge in [0.1, 0.15) is 12.4 Å². The van der Waals surface area contributed by atoms with Crippen molar-refractivity contribution < 1.29 is 9.57 Å². The van der Waals surface area contributed by atoms with Crippen molar-refractivity contribution in [1.29, 1.82) is 0 Å². The third-order valence-electron chi connectivity index (χ3n) is 4.58. The molecule has 0 amide bonds. The molecule has 0 N–H and O–H groups in total. The number of rotatable bonds is 8. The Morgan fingerprint density at radius 1 is 1.19 bits per heavy atom. The van der Waals surface area contributed by atoms with Crippen LogP contribution < -0.4 is 9.64 Å². The highest BCUT2D eigenvalue weighted by Gasteiger charge is 2.20. The van der Waals surface area contributed by atoms with Gasteiger partial charge in [-0.05, 0) is 74.1 Å². The van der Waals surface area contributed by atoms with Crippen molar-refractivity contribution in [3.8, 4) is 5.75 Å². The van der Waals surface area contributed by atoms with Crippen LogP contribution in [-0.2, 0) is 4.84 Å². The molecule has 138 valence electrons. The molecule has 6 heteroatoms. The van der Waals surface area contributed by atoms with Gasteiger partial charge in [-0.15, -0.1) is 5.10 Å². The van der Waals surface area contributed by atoms with E-state index in [-0.39, 0.29) is 0 Å². The van der Waals surface area contributed by atoms with E-state index in [4.69, 9.17) is 9.57 Å². The van der Waals surface area contributed by atoms with Gasteiger partial charge in [-0.25, -0.2) is 0 Å². The minimum absolute atomic E-state index is 0.579. The Morgan fingerprint density at radius 3 is 2.69 bits per heavy atom. The molecule has 6 nitrogen and oxygen atoms in total. The summed E-state index contributed by atoms with van der Waals surface area (Å²) in [5, 5.41) is 12.0. The summed E-state index contributed by atoms with van der Waals surface area (Å²) in [4.78, 5) is 7.28. The number of anilines is 1. The van der Waals surface area contributed by atoms with Crippen LogP contribution in [0.5, 0.6) is 5.75 Å². The van der Waals surface area contributed by atoms with Crippen LogP contribution in [0.4, 0.5) is 5.82 Å². The maximum atomic E-state index is 5.89. The first-order valence-corrected chi connectivity index (χ1v) is 9.26. The van der Waals surface area contributed by atoms with Crippen LogP contribution in [0.15, 0.2) is 47.8 Å². The lowest BCUT2D eigenvalue weighted by atomic mass is 9.94. The van der Waals surface area contributed by atoms with E-state index >= 15 is 0 Å². The number of aromatic nitrogens is 2. The molecule has 1 aliphatic heterocycles. The Kier molecular flexibility index (Phi) is 6.81. The fourth-order valence-corrected chi connectivity index (χ4v) is 3.08. The predicted molar refractivity (Wildman–Crippen MR) is 103 cm³/mol. The summed E-state index contributed by atoms with van der Waals surface area (Å²) in [6.45, 7) is 5.32. The monoisotopic (exact) mass is 354 g/mol. The molecule has 0 bridgehead atoms. The van der Waals surface area contributed by atoms with Gasteiger partial charge in [-0.1, -0.05) is 5.16 Å². The molecular weight excluding hydrogens is 328 g/mol. The van der Waals surface area contributed by atoms with E-state index < -0.39 is 0 Å².